The summed E-state index contributed by atoms with van der Waals surface area (Å²) in [5.74, 6) is 0.183. The van der Waals surface area contributed by atoms with Gasteiger partial charge < -0.3 is 15.2 Å². The molecular formula is C21H19NO3. The molecule has 126 valence electrons. The summed E-state index contributed by atoms with van der Waals surface area (Å²) < 4.78 is 5.33. The third kappa shape index (κ3) is 4.61. The van der Waals surface area contributed by atoms with Crippen molar-refractivity contribution in [2.24, 2.45) is 0 Å². The molecular weight excluding hydrogens is 314 g/mol. The van der Waals surface area contributed by atoms with Crippen molar-refractivity contribution in [3.8, 4) is 5.75 Å². The first kappa shape index (κ1) is 16.6. The lowest BCUT2D eigenvalue weighted by atomic mass is 9.99. The molecule has 1 amide bonds. The zero-order valence-electron chi connectivity index (χ0n) is 13.6. The fraction of sp³-hybridized carbons (Fsp3) is 0.0952. The maximum atomic E-state index is 12.3. The smallest absolute Gasteiger partial charge is 0.408 e. The molecule has 0 heterocycles. The summed E-state index contributed by atoms with van der Waals surface area (Å²) in [4.78, 5) is 12.3. The highest BCUT2D eigenvalue weighted by molar-refractivity contribution is 5.68. The zero-order valence-corrected chi connectivity index (χ0v) is 13.6. The van der Waals surface area contributed by atoms with Crippen molar-refractivity contribution in [3.63, 3.8) is 0 Å². The van der Waals surface area contributed by atoms with Gasteiger partial charge in [0.15, 0.2) is 0 Å². The number of rotatable bonds is 5. The fourth-order valence-corrected chi connectivity index (χ4v) is 2.55. The monoisotopic (exact) mass is 333 g/mol. The van der Waals surface area contributed by atoms with E-state index in [-0.39, 0.29) is 18.4 Å². The van der Waals surface area contributed by atoms with Gasteiger partial charge in [0.1, 0.15) is 12.4 Å². The molecule has 0 fully saturated rings. The Hall–Kier alpha value is -3.27. The number of phenols is 1. The third-order valence-electron chi connectivity index (χ3n) is 3.83. The first-order chi connectivity index (χ1) is 12.2. The Morgan fingerprint density at radius 2 is 1.40 bits per heavy atom. The van der Waals surface area contributed by atoms with E-state index in [2.05, 4.69) is 5.32 Å². The lowest BCUT2D eigenvalue weighted by molar-refractivity contribution is 0.137. The number of carbonyl (C=O) groups is 1. The van der Waals surface area contributed by atoms with Crippen molar-refractivity contribution in [1.82, 2.24) is 5.32 Å². The Morgan fingerprint density at radius 3 is 2.04 bits per heavy atom. The van der Waals surface area contributed by atoms with Crippen molar-refractivity contribution < 1.29 is 14.6 Å². The van der Waals surface area contributed by atoms with Crippen LogP contribution in [0.3, 0.4) is 0 Å². The van der Waals surface area contributed by atoms with Crippen LogP contribution in [0.2, 0.25) is 0 Å². The third-order valence-corrected chi connectivity index (χ3v) is 3.83. The van der Waals surface area contributed by atoms with Crippen LogP contribution in [0.25, 0.3) is 0 Å². The van der Waals surface area contributed by atoms with E-state index in [0.29, 0.717) is 0 Å². The Kier molecular flexibility index (Phi) is 5.32. The SMILES string of the molecule is O=C(NC(c1ccccc1)c1ccc(O)cc1)OCc1ccccc1. The van der Waals surface area contributed by atoms with Gasteiger partial charge in [-0.05, 0) is 28.8 Å². The van der Waals surface area contributed by atoms with Crippen molar-refractivity contribution >= 4 is 6.09 Å². The number of hydrogen-bond acceptors (Lipinski definition) is 3. The summed E-state index contributed by atoms with van der Waals surface area (Å²) in [7, 11) is 0. The molecule has 1 atom stereocenters. The van der Waals surface area contributed by atoms with Crippen LogP contribution in [0.5, 0.6) is 5.75 Å². The van der Waals surface area contributed by atoms with Crippen molar-refractivity contribution in [2.75, 3.05) is 0 Å². The van der Waals surface area contributed by atoms with Crippen LogP contribution in [-0.2, 0) is 11.3 Å². The summed E-state index contributed by atoms with van der Waals surface area (Å²) >= 11 is 0. The molecule has 0 bridgehead atoms. The molecule has 0 aromatic heterocycles. The van der Waals surface area contributed by atoms with Crippen LogP contribution in [0, 0.1) is 0 Å². The molecule has 0 radical (unpaired) electrons. The number of nitrogens with one attached hydrogen (secondary N) is 1. The first-order valence-corrected chi connectivity index (χ1v) is 8.03. The maximum Gasteiger partial charge on any atom is 0.408 e. The molecule has 1 unspecified atom stereocenters. The van der Waals surface area contributed by atoms with Gasteiger partial charge in [-0.1, -0.05) is 72.8 Å². The zero-order chi connectivity index (χ0) is 17.5. The van der Waals surface area contributed by atoms with Gasteiger partial charge >= 0.3 is 6.09 Å². The van der Waals surface area contributed by atoms with Crippen molar-refractivity contribution in [3.05, 3.63) is 102 Å². The predicted molar refractivity (Wildman–Crippen MR) is 96.2 cm³/mol. The van der Waals surface area contributed by atoms with Crippen LogP contribution in [0.15, 0.2) is 84.9 Å². The highest BCUT2D eigenvalue weighted by Crippen LogP contribution is 2.24. The van der Waals surface area contributed by atoms with E-state index in [0.717, 1.165) is 16.7 Å². The molecule has 2 N–H and O–H groups in total. The lowest BCUT2D eigenvalue weighted by Gasteiger charge is -2.19. The van der Waals surface area contributed by atoms with Crippen LogP contribution < -0.4 is 5.32 Å². The molecule has 0 aliphatic carbocycles. The second kappa shape index (κ2) is 8.02. The topological polar surface area (TPSA) is 58.6 Å². The van der Waals surface area contributed by atoms with Crippen molar-refractivity contribution in [2.45, 2.75) is 12.6 Å². The average Bonchev–Trinajstić information content (AvgIpc) is 2.67. The quantitative estimate of drug-likeness (QED) is 0.727. The number of amides is 1. The highest BCUT2D eigenvalue weighted by Gasteiger charge is 2.17. The van der Waals surface area contributed by atoms with Crippen LogP contribution in [-0.4, -0.2) is 11.2 Å². The van der Waals surface area contributed by atoms with Gasteiger partial charge in [0.05, 0.1) is 6.04 Å². The van der Waals surface area contributed by atoms with E-state index in [9.17, 15) is 9.90 Å². The van der Waals surface area contributed by atoms with E-state index < -0.39 is 6.09 Å². The van der Waals surface area contributed by atoms with Gasteiger partial charge in [-0.3, -0.25) is 0 Å². The Morgan fingerprint density at radius 1 is 0.840 bits per heavy atom. The molecule has 3 aromatic carbocycles. The molecule has 0 spiro atoms. The van der Waals surface area contributed by atoms with Gasteiger partial charge in [0.2, 0.25) is 0 Å². The van der Waals surface area contributed by atoms with E-state index >= 15 is 0 Å². The van der Waals surface area contributed by atoms with Crippen LogP contribution >= 0.6 is 0 Å². The summed E-state index contributed by atoms with van der Waals surface area (Å²) in [6, 6.07) is 25.6. The number of ether oxygens (including phenoxy) is 1. The number of carbonyl (C=O) groups excluding carboxylic acids is 1. The standard InChI is InChI=1S/C21H19NO3/c23-19-13-11-18(12-14-19)20(17-9-5-2-6-10-17)22-21(24)25-15-16-7-3-1-4-8-16/h1-14,20,23H,15H2,(H,22,24). The summed E-state index contributed by atoms with van der Waals surface area (Å²) in [5, 5.41) is 12.4. The molecule has 0 aliphatic heterocycles. The average molecular weight is 333 g/mol. The minimum atomic E-state index is -0.495. The van der Waals surface area contributed by atoms with Gasteiger partial charge in [-0.25, -0.2) is 4.79 Å². The molecule has 0 saturated carbocycles. The molecule has 0 aliphatic rings. The Balaban J connectivity index is 1.73. The molecule has 4 nitrogen and oxygen atoms in total. The van der Waals surface area contributed by atoms with Crippen molar-refractivity contribution in [1.29, 1.82) is 0 Å². The normalized spacial score (nSPS) is 11.5. The molecule has 3 rings (SSSR count). The summed E-state index contributed by atoms with van der Waals surface area (Å²) in [6.45, 7) is 0.212. The minimum Gasteiger partial charge on any atom is -0.508 e. The summed E-state index contributed by atoms with van der Waals surface area (Å²) in [5.41, 5.74) is 2.73. The molecule has 25 heavy (non-hydrogen) atoms. The van der Waals surface area contributed by atoms with Crippen LogP contribution in [0.4, 0.5) is 4.79 Å². The van der Waals surface area contributed by atoms with E-state index in [1.165, 1.54) is 0 Å². The Labute approximate surface area is 146 Å². The molecule has 3 aromatic rings. The second-order valence-electron chi connectivity index (χ2n) is 5.64. The number of alkyl carbamates (subject to hydrolysis) is 1. The predicted octanol–water partition coefficient (Wildman–Crippen LogP) is 4.41. The largest absolute Gasteiger partial charge is 0.508 e. The highest BCUT2D eigenvalue weighted by atomic mass is 16.5. The van der Waals surface area contributed by atoms with Gasteiger partial charge in [-0.15, -0.1) is 0 Å². The van der Waals surface area contributed by atoms with Crippen LogP contribution in [0.1, 0.15) is 22.7 Å². The number of aromatic hydroxyl groups is 1. The fourth-order valence-electron chi connectivity index (χ4n) is 2.55. The number of hydrogen-bond donors (Lipinski definition) is 2. The maximum absolute atomic E-state index is 12.3. The van der Waals surface area contributed by atoms with Gasteiger partial charge in [-0.2, -0.15) is 0 Å². The lowest BCUT2D eigenvalue weighted by Crippen LogP contribution is -2.29. The van der Waals surface area contributed by atoms with E-state index in [1.54, 1.807) is 24.3 Å². The van der Waals surface area contributed by atoms with E-state index in [1.807, 2.05) is 60.7 Å². The van der Waals surface area contributed by atoms with Gasteiger partial charge in [0.25, 0.3) is 0 Å². The van der Waals surface area contributed by atoms with Gasteiger partial charge in [0, 0.05) is 0 Å². The summed E-state index contributed by atoms with van der Waals surface area (Å²) in [6.07, 6.45) is -0.495. The van der Waals surface area contributed by atoms with E-state index in [4.69, 9.17) is 4.74 Å². The first-order valence-electron chi connectivity index (χ1n) is 8.03. The number of benzene rings is 3. The number of phenolic OH excluding ortho intramolecular Hbond substituents is 1. The molecule has 0 saturated heterocycles. The second-order valence-corrected chi connectivity index (χ2v) is 5.64. The Bertz CT molecular complexity index is 802. The minimum absolute atomic E-state index is 0.183. The molecule has 4 heteroatoms.